The smallest absolute Gasteiger partial charge is 0.307 e. The van der Waals surface area contributed by atoms with Crippen molar-refractivity contribution in [3.05, 3.63) is 28.3 Å². The minimum atomic E-state index is -0.0913. The molecule has 4 unspecified atom stereocenters. The van der Waals surface area contributed by atoms with Crippen LogP contribution < -0.4 is 14.8 Å². The Morgan fingerprint density at radius 1 is 1.13 bits per heavy atom. The number of rotatable bonds is 5. The highest BCUT2D eigenvalue weighted by molar-refractivity contribution is 7.96. The maximum Gasteiger partial charge on any atom is 0.330 e. The second-order valence-corrected chi connectivity index (χ2v) is 11.1. The second-order valence-electron chi connectivity index (χ2n) is 10.5. The van der Waals surface area contributed by atoms with Gasteiger partial charge in [-0.25, -0.2) is 9.52 Å². The van der Waals surface area contributed by atoms with E-state index in [0.717, 1.165) is 43.5 Å². The van der Waals surface area contributed by atoms with E-state index in [1.54, 1.807) is 0 Å². The lowest BCUT2D eigenvalue weighted by atomic mass is 9.53. The predicted octanol–water partition coefficient (Wildman–Crippen LogP) is 4.34. The zero-order valence-electron chi connectivity index (χ0n) is 18.2. The number of amides is 2. The van der Waals surface area contributed by atoms with Crippen LogP contribution in [0.4, 0.5) is 10.5 Å². The van der Waals surface area contributed by atoms with Gasteiger partial charge >= 0.3 is 6.03 Å². The van der Waals surface area contributed by atoms with Gasteiger partial charge in [-0.2, -0.15) is 0 Å². The predicted molar refractivity (Wildman–Crippen MR) is 123 cm³/mol. The van der Waals surface area contributed by atoms with Crippen molar-refractivity contribution in [1.82, 2.24) is 14.3 Å². The van der Waals surface area contributed by atoms with Crippen molar-refractivity contribution in [3.63, 3.8) is 0 Å². The molecule has 2 saturated carbocycles. The third-order valence-corrected chi connectivity index (χ3v) is 9.48. The Morgan fingerprint density at radius 2 is 1.87 bits per heavy atom. The normalized spacial score (nSPS) is 33.4. The molecule has 2 amide bonds. The van der Waals surface area contributed by atoms with Crippen LogP contribution in [0.1, 0.15) is 74.6 Å². The second kappa shape index (κ2) is 7.14. The van der Waals surface area contributed by atoms with Gasteiger partial charge in [0.1, 0.15) is 0 Å². The third kappa shape index (κ3) is 2.79. The van der Waals surface area contributed by atoms with E-state index in [1.165, 1.54) is 72.9 Å². The first-order chi connectivity index (χ1) is 14.6. The molecule has 6 heteroatoms. The average molecular weight is 427 g/mol. The molecule has 4 aliphatic carbocycles. The molecule has 0 radical (unpaired) electrons. The minimum Gasteiger partial charge on any atom is -0.307 e. The third-order valence-electron chi connectivity index (χ3n) is 8.74. The lowest BCUT2D eigenvalue weighted by Gasteiger charge is -2.70. The molecule has 30 heavy (non-hydrogen) atoms. The summed E-state index contributed by atoms with van der Waals surface area (Å²) in [6, 6.07) is 5.03. The van der Waals surface area contributed by atoms with Crippen molar-refractivity contribution in [2.45, 2.75) is 102 Å². The molecule has 3 N–H and O–H groups in total. The van der Waals surface area contributed by atoms with Gasteiger partial charge in [0.05, 0.1) is 0 Å². The first kappa shape index (κ1) is 19.4. The molecule has 1 heterocycles. The first-order valence-electron chi connectivity index (χ1n) is 12.0. The lowest BCUT2D eigenvalue weighted by molar-refractivity contribution is -0.201. The number of piperidine rings is 1. The number of aryl methyl sites for hydroxylation is 2. The fourth-order valence-electron chi connectivity index (χ4n) is 7.53. The van der Waals surface area contributed by atoms with Gasteiger partial charge in [-0.05, 0) is 100 Å². The number of hydrogen-bond donors (Lipinski definition) is 3. The van der Waals surface area contributed by atoms with E-state index in [-0.39, 0.29) is 6.03 Å². The largest absolute Gasteiger partial charge is 0.330 e. The van der Waals surface area contributed by atoms with Gasteiger partial charge in [-0.3, -0.25) is 9.62 Å². The Morgan fingerprint density at radius 3 is 2.50 bits per heavy atom. The monoisotopic (exact) mass is 426 g/mol. The van der Waals surface area contributed by atoms with Crippen molar-refractivity contribution in [1.29, 1.82) is 0 Å². The zero-order chi connectivity index (χ0) is 20.5. The Hall–Kier alpha value is -1.24. The molecule has 162 valence electrons. The fourth-order valence-corrected chi connectivity index (χ4v) is 8.08. The summed E-state index contributed by atoms with van der Waals surface area (Å²) in [4.78, 5) is 15.4. The molecule has 1 aliphatic heterocycles. The number of likely N-dealkylation sites (tertiary alicyclic amines) is 1. The van der Waals surface area contributed by atoms with Crippen LogP contribution in [0.5, 0.6) is 0 Å². The maximum atomic E-state index is 12.7. The van der Waals surface area contributed by atoms with Crippen LogP contribution in [0.2, 0.25) is 0 Å². The van der Waals surface area contributed by atoms with Gasteiger partial charge in [0.15, 0.2) is 0 Å². The number of nitrogens with one attached hydrogen (secondary N) is 3. The number of urea groups is 1. The number of hydrogen-bond acceptors (Lipinski definition) is 4. The van der Waals surface area contributed by atoms with Crippen LogP contribution in [0.15, 0.2) is 6.07 Å². The van der Waals surface area contributed by atoms with E-state index in [0.29, 0.717) is 17.5 Å². The molecule has 1 aromatic rings. The number of anilines is 1. The Labute approximate surface area is 184 Å². The summed E-state index contributed by atoms with van der Waals surface area (Å²) in [6.45, 7) is 4.67. The minimum absolute atomic E-state index is 0.0913. The van der Waals surface area contributed by atoms with Gasteiger partial charge in [-0.15, -0.1) is 0 Å². The molecule has 0 bridgehead atoms. The molecular formula is C24H34N4OS. The van der Waals surface area contributed by atoms with E-state index in [1.807, 2.05) is 0 Å². The summed E-state index contributed by atoms with van der Waals surface area (Å²) in [5, 5.41) is 3.23. The molecule has 0 aromatic heterocycles. The summed E-state index contributed by atoms with van der Waals surface area (Å²) in [6.07, 6.45) is 12.2. The highest BCUT2D eigenvalue weighted by atomic mass is 32.2. The first-order valence-corrected chi connectivity index (χ1v) is 12.8. The van der Waals surface area contributed by atoms with E-state index >= 15 is 0 Å². The Balaban J connectivity index is 1.05. The molecule has 1 saturated heterocycles. The molecule has 3 fully saturated rings. The number of benzene rings is 1. The summed E-state index contributed by atoms with van der Waals surface area (Å²) >= 11 is 1.38. The van der Waals surface area contributed by atoms with Crippen LogP contribution in [0.3, 0.4) is 0 Å². The van der Waals surface area contributed by atoms with Gasteiger partial charge in [0, 0.05) is 47.4 Å². The quantitative estimate of drug-likeness (QED) is 0.613. The highest BCUT2D eigenvalue weighted by Gasteiger charge is 2.69. The fraction of sp³-hybridized carbons (Fsp3) is 0.708. The molecule has 1 spiro atoms. The Bertz CT molecular complexity index is 854. The van der Waals surface area contributed by atoms with E-state index in [2.05, 4.69) is 39.6 Å². The van der Waals surface area contributed by atoms with Gasteiger partial charge < -0.3 is 5.32 Å². The van der Waals surface area contributed by atoms with Crippen LogP contribution in [-0.4, -0.2) is 35.1 Å². The van der Waals surface area contributed by atoms with E-state index in [4.69, 9.17) is 0 Å². The molecule has 4 atom stereocenters. The summed E-state index contributed by atoms with van der Waals surface area (Å²) in [5.41, 5.74) is 7.40. The SMILES string of the molecule is CC(C)N1C2CCC23CC(NSNC(=O)Nc2c4c(cc5c2CCC5)CCC4)CC13. The number of fused-ring (bicyclic) bond motifs is 2. The molecule has 5 aliphatic rings. The summed E-state index contributed by atoms with van der Waals surface area (Å²) in [5.74, 6) is 0. The lowest BCUT2D eigenvalue weighted by Crippen LogP contribution is -2.76. The van der Waals surface area contributed by atoms with Gasteiger partial charge in [-0.1, -0.05) is 6.07 Å². The van der Waals surface area contributed by atoms with Crippen molar-refractivity contribution in [3.8, 4) is 0 Å². The van der Waals surface area contributed by atoms with E-state index < -0.39 is 0 Å². The summed E-state index contributed by atoms with van der Waals surface area (Å²) in [7, 11) is 0. The van der Waals surface area contributed by atoms with Crippen LogP contribution in [-0.2, 0) is 25.7 Å². The van der Waals surface area contributed by atoms with Crippen molar-refractivity contribution >= 4 is 23.9 Å². The van der Waals surface area contributed by atoms with Crippen LogP contribution in [0, 0.1) is 5.41 Å². The number of carbonyl (C=O) groups excluding carboxylic acids is 1. The van der Waals surface area contributed by atoms with Gasteiger partial charge in [0.25, 0.3) is 0 Å². The average Bonchev–Trinajstić information content (AvgIpc) is 3.42. The summed E-state index contributed by atoms with van der Waals surface area (Å²) < 4.78 is 6.57. The van der Waals surface area contributed by atoms with Crippen molar-refractivity contribution in [2.75, 3.05) is 5.32 Å². The van der Waals surface area contributed by atoms with Crippen molar-refractivity contribution < 1.29 is 4.79 Å². The van der Waals surface area contributed by atoms with Crippen molar-refractivity contribution in [2.24, 2.45) is 5.41 Å². The number of carbonyl (C=O) groups is 1. The van der Waals surface area contributed by atoms with Gasteiger partial charge in [0.2, 0.25) is 0 Å². The van der Waals surface area contributed by atoms with Crippen LogP contribution >= 0.6 is 12.1 Å². The molecule has 5 nitrogen and oxygen atoms in total. The maximum absolute atomic E-state index is 12.7. The number of nitrogens with zero attached hydrogens (tertiary/aromatic N) is 1. The molecule has 6 rings (SSSR count). The standard InChI is InChI=1S/C24H34N4OS/c1-14(2)28-20-9-10-24(20)13-17(12-21(24)28)26-30-27-23(29)25-22-18-7-3-5-15(18)11-16-6-4-8-19(16)22/h11,14,17,20-21,26H,3-10,12-13H2,1-2H3,(H2,25,27,29). The topological polar surface area (TPSA) is 56.4 Å². The highest BCUT2D eigenvalue weighted by Crippen LogP contribution is 2.65. The van der Waals surface area contributed by atoms with Crippen LogP contribution in [0.25, 0.3) is 0 Å². The molecular weight excluding hydrogens is 392 g/mol. The Kier molecular flexibility index (Phi) is 4.63. The van der Waals surface area contributed by atoms with E-state index in [9.17, 15) is 4.79 Å². The molecule has 1 aromatic carbocycles. The zero-order valence-corrected chi connectivity index (χ0v) is 19.0.